The summed E-state index contributed by atoms with van der Waals surface area (Å²) in [6, 6.07) is 0.0562. The topological polar surface area (TPSA) is 67.4 Å². The molecule has 2 saturated heterocycles. The summed E-state index contributed by atoms with van der Waals surface area (Å²) in [6.07, 6.45) is 3.53. The zero-order chi connectivity index (χ0) is 11.4. The van der Waals surface area contributed by atoms with Gasteiger partial charge in [-0.1, -0.05) is 0 Å². The Hall–Kier alpha value is -0.170. The van der Waals surface area contributed by atoms with Crippen molar-refractivity contribution >= 4 is 10.0 Å². The van der Waals surface area contributed by atoms with Crippen LogP contribution in [0.1, 0.15) is 25.7 Å². The first-order chi connectivity index (χ1) is 7.68. The second-order valence-electron chi connectivity index (χ2n) is 4.55. The lowest BCUT2D eigenvalue weighted by Gasteiger charge is -2.28. The van der Waals surface area contributed by atoms with Crippen molar-refractivity contribution in [2.45, 2.75) is 37.0 Å². The molecule has 2 heterocycles. The molecule has 0 saturated carbocycles. The lowest BCUT2D eigenvalue weighted by atomic mass is 10.1. The molecule has 2 aliphatic heterocycles. The number of hydrogen-bond donors (Lipinski definition) is 2. The Morgan fingerprint density at radius 3 is 2.75 bits per heavy atom. The lowest BCUT2D eigenvalue weighted by Crippen LogP contribution is -2.49. The molecule has 0 aromatic heterocycles. The minimum Gasteiger partial charge on any atom is -0.380 e. The molecule has 2 unspecified atom stereocenters. The van der Waals surface area contributed by atoms with Gasteiger partial charge in [-0.3, -0.25) is 0 Å². The average Bonchev–Trinajstić information content (AvgIpc) is 2.31. The monoisotopic (exact) mass is 248 g/mol. The van der Waals surface area contributed by atoms with Crippen LogP contribution in [-0.2, 0) is 14.8 Å². The summed E-state index contributed by atoms with van der Waals surface area (Å²) in [6.45, 7) is 2.77. The Kier molecular flexibility index (Phi) is 4.18. The standard InChI is InChI=1S/C10H20N2O3S/c13-16(14,10-4-2-6-15-8-10)12-9-3-1-5-11-7-9/h9-12H,1-8H2. The van der Waals surface area contributed by atoms with Gasteiger partial charge >= 0.3 is 0 Å². The summed E-state index contributed by atoms with van der Waals surface area (Å²) in [5, 5.41) is 2.84. The van der Waals surface area contributed by atoms with E-state index >= 15 is 0 Å². The quantitative estimate of drug-likeness (QED) is 0.728. The molecule has 2 aliphatic rings. The Balaban J connectivity index is 1.90. The van der Waals surface area contributed by atoms with E-state index in [2.05, 4.69) is 10.0 Å². The van der Waals surface area contributed by atoms with Crippen molar-refractivity contribution in [3.8, 4) is 0 Å². The molecule has 0 radical (unpaired) electrons. The maximum Gasteiger partial charge on any atom is 0.217 e. The van der Waals surface area contributed by atoms with Crippen LogP contribution in [0.25, 0.3) is 0 Å². The van der Waals surface area contributed by atoms with Crippen molar-refractivity contribution in [3.05, 3.63) is 0 Å². The Morgan fingerprint density at radius 1 is 1.25 bits per heavy atom. The maximum atomic E-state index is 12.0. The first-order valence-electron chi connectivity index (χ1n) is 5.98. The minimum atomic E-state index is -3.20. The van der Waals surface area contributed by atoms with E-state index in [1.54, 1.807) is 0 Å². The van der Waals surface area contributed by atoms with E-state index in [4.69, 9.17) is 4.74 Å². The fourth-order valence-corrected chi connectivity index (χ4v) is 3.85. The van der Waals surface area contributed by atoms with Crippen molar-refractivity contribution in [3.63, 3.8) is 0 Å². The third-order valence-corrected chi connectivity index (χ3v) is 5.10. The fraction of sp³-hybridized carbons (Fsp3) is 1.00. The molecule has 5 nitrogen and oxygen atoms in total. The molecule has 0 aromatic rings. The third kappa shape index (κ3) is 3.16. The molecule has 2 fully saturated rings. The van der Waals surface area contributed by atoms with Crippen LogP contribution in [0.3, 0.4) is 0 Å². The normalized spacial score (nSPS) is 32.5. The number of hydrogen-bond acceptors (Lipinski definition) is 4. The lowest BCUT2D eigenvalue weighted by molar-refractivity contribution is 0.0986. The van der Waals surface area contributed by atoms with Crippen molar-refractivity contribution in [2.24, 2.45) is 0 Å². The van der Waals surface area contributed by atoms with Crippen LogP contribution >= 0.6 is 0 Å². The van der Waals surface area contributed by atoms with E-state index in [0.29, 0.717) is 13.2 Å². The van der Waals surface area contributed by atoms with E-state index in [1.165, 1.54) is 0 Å². The maximum absolute atomic E-state index is 12.0. The summed E-state index contributed by atoms with van der Waals surface area (Å²) < 4.78 is 32.1. The number of ether oxygens (including phenoxy) is 1. The summed E-state index contributed by atoms with van der Waals surface area (Å²) in [7, 11) is -3.20. The van der Waals surface area contributed by atoms with Gasteiger partial charge in [0.2, 0.25) is 10.0 Å². The molecule has 0 bridgehead atoms. The summed E-state index contributed by atoms with van der Waals surface area (Å²) in [5.41, 5.74) is 0. The van der Waals surface area contributed by atoms with Crippen LogP contribution in [-0.4, -0.2) is 46.0 Å². The second kappa shape index (κ2) is 5.44. The Morgan fingerprint density at radius 2 is 2.12 bits per heavy atom. The van der Waals surface area contributed by atoms with Gasteiger partial charge in [0, 0.05) is 19.2 Å². The third-order valence-electron chi connectivity index (χ3n) is 3.19. The molecule has 0 spiro atoms. The van der Waals surface area contributed by atoms with Crippen molar-refractivity contribution in [2.75, 3.05) is 26.3 Å². The van der Waals surface area contributed by atoms with Crippen molar-refractivity contribution < 1.29 is 13.2 Å². The van der Waals surface area contributed by atoms with Gasteiger partial charge in [-0.05, 0) is 32.2 Å². The largest absolute Gasteiger partial charge is 0.380 e. The first-order valence-corrected chi connectivity index (χ1v) is 7.53. The van der Waals surface area contributed by atoms with Crippen LogP contribution in [0.4, 0.5) is 0 Å². The van der Waals surface area contributed by atoms with Gasteiger partial charge in [0.25, 0.3) is 0 Å². The average molecular weight is 248 g/mol. The molecule has 2 N–H and O–H groups in total. The van der Waals surface area contributed by atoms with Crippen molar-refractivity contribution in [1.82, 2.24) is 10.0 Å². The van der Waals surface area contributed by atoms with Crippen molar-refractivity contribution in [1.29, 1.82) is 0 Å². The Labute approximate surface area is 97.0 Å². The molecule has 0 aromatic carbocycles. The van der Waals surface area contributed by atoms with Gasteiger partial charge in [-0.15, -0.1) is 0 Å². The summed E-state index contributed by atoms with van der Waals surface area (Å²) in [4.78, 5) is 0. The summed E-state index contributed by atoms with van der Waals surface area (Å²) in [5.74, 6) is 0. The predicted molar refractivity (Wildman–Crippen MR) is 61.8 cm³/mol. The van der Waals surface area contributed by atoms with E-state index in [0.717, 1.165) is 38.8 Å². The minimum absolute atomic E-state index is 0.0562. The molecule has 94 valence electrons. The zero-order valence-corrected chi connectivity index (χ0v) is 10.3. The van der Waals surface area contributed by atoms with Gasteiger partial charge in [-0.2, -0.15) is 0 Å². The number of nitrogens with one attached hydrogen (secondary N) is 2. The second-order valence-corrected chi connectivity index (χ2v) is 6.54. The smallest absolute Gasteiger partial charge is 0.217 e. The molecule has 16 heavy (non-hydrogen) atoms. The molecular weight excluding hydrogens is 228 g/mol. The molecule has 2 rings (SSSR count). The highest BCUT2D eigenvalue weighted by Gasteiger charge is 2.30. The first kappa shape index (κ1) is 12.3. The van der Waals surface area contributed by atoms with Gasteiger partial charge in [-0.25, -0.2) is 13.1 Å². The van der Waals surface area contributed by atoms with Crippen LogP contribution in [0, 0.1) is 0 Å². The van der Waals surface area contributed by atoms with Crippen LogP contribution in [0.2, 0.25) is 0 Å². The van der Waals surface area contributed by atoms with Gasteiger partial charge in [0.1, 0.15) is 0 Å². The van der Waals surface area contributed by atoms with E-state index in [9.17, 15) is 8.42 Å². The van der Waals surface area contributed by atoms with Gasteiger partial charge in [0.05, 0.1) is 11.9 Å². The van der Waals surface area contributed by atoms with Crippen LogP contribution < -0.4 is 10.0 Å². The highest BCUT2D eigenvalue weighted by atomic mass is 32.2. The molecule has 6 heteroatoms. The predicted octanol–water partition coefficient (Wildman–Crippen LogP) is -0.163. The molecule has 0 aliphatic carbocycles. The number of sulfonamides is 1. The van der Waals surface area contributed by atoms with Crippen LogP contribution in [0.15, 0.2) is 0 Å². The molecular formula is C10H20N2O3S. The van der Waals surface area contributed by atoms with E-state index in [1.807, 2.05) is 0 Å². The van der Waals surface area contributed by atoms with Gasteiger partial charge in [0.15, 0.2) is 0 Å². The molecule has 2 atom stereocenters. The Bertz CT molecular complexity index is 306. The molecule has 0 amide bonds. The number of piperidine rings is 1. The number of rotatable bonds is 3. The van der Waals surface area contributed by atoms with E-state index in [-0.39, 0.29) is 11.3 Å². The highest BCUT2D eigenvalue weighted by molar-refractivity contribution is 7.90. The van der Waals surface area contributed by atoms with Crippen LogP contribution in [0.5, 0.6) is 0 Å². The summed E-state index contributed by atoms with van der Waals surface area (Å²) >= 11 is 0. The zero-order valence-electron chi connectivity index (χ0n) is 9.44. The highest BCUT2D eigenvalue weighted by Crippen LogP contribution is 2.15. The fourth-order valence-electron chi connectivity index (χ4n) is 2.24. The van der Waals surface area contributed by atoms with Gasteiger partial charge < -0.3 is 10.1 Å². The van der Waals surface area contributed by atoms with E-state index < -0.39 is 10.0 Å². The SMILES string of the molecule is O=S(=O)(NC1CCCNC1)C1CCCOC1.